The standard InChI is InChI=1S/C13H10BrClN2O/c1-8-4-5-9(7-10(8)14)13(18)17-12-11(15)3-2-6-16-12/h2-7H,1H3,(H,16,17,18). The van der Waals surface area contributed by atoms with Gasteiger partial charge in [0.25, 0.3) is 5.91 Å². The third-order valence-corrected chi connectivity index (χ3v) is 3.58. The Bertz CT molecular complexity index is 601. The minimum Gasteiger partial charge on any atom is -0.305 e. The van der Waals surface area contributed by atoms with E-state index in [1.807, 2.05) is 13.0 Å². The first-order valence-corrected chi connectivity index (χ1v) is 6.43. The zero-order valence-corrected chi connectivity index (χ0v) is 11.9. The van der Waals surface area contributed by atoms with Crippen LogP contribution in [0.2, 0.25) is 5.02 Å². The summed E-state index contributed by atoms with van der Waals surface area (Å²) in [7, 11) is 0. The van der Waals surface area contributed by atoms with Crippen molar-refractivity contribution in [1.29, 1.82) is 0 Å². The molecule has 0 saturated carbocycles. The van der Waals surface area contributed by atoms with E-state index in [0.29, 0.717) is 16.4 Å². The van der Waals surface area contributed by atoms with E-state index >= 15 is 0 Å². The van der Waals surface area contributed by atoms with Gasteiger partial charge in [0, 0.05) is 16.2 Å². The molecule has 5 heteroatoms. The number of pyridine rings is 1. The number of aromatic nitrogens is 1. The van der Waals surface area contributed by atoms with Gasteiger partial charge in [0.1, 0.15) is 0 Å². The normalized spacial score (nSPS) is 10.2. The van der Waals surface area contributed by atoms with Crippen LogP contribution in [0, 0.1) is 6.92 Å². The highest BCUT2D eigenvalue weighted by Crippen LogP contribution is 2.20. The minimum absolute atomic E-state index is 0.240. The van der Waals surface area contributed by atoms with E-state index in [-0.39, 0.29) is 5.91 Å². The van der Waals surface area contributed by atoms with Crippen molar-refractivity contribution in [2.45, 2.75) is 6.92 Å². The number of nitrogens with one attached hydrogen (secondary N) is 1. The number of carbonyl (C=O) groups excluding carboxylic acids is 1. The van der Waals surface area contributed by atoms with Crippen LogP contribution < -0.4 is 5.32 Å². The Morgan fingerprint density at radius 3 is 2.83 bits per heavy atom. The summed E-state index contributed by atoms with van der Waals surface area (Å²) in [6.07, 6.45) is 1.58. The molecule has 0 aliphatic heterocycles. The topological polar surface area (TPSA) is 42.0 Å². The Hall–Kier alpha value is -1.39. The van der Waals surface area contributed by atoms with Crippen LogP contribution in [0.4, 0.5) is 5.82 Å². The van der Waals surface area contributed by atoms with Crippen LogP contribution in [-0.2, 0) is 0 Å². The van der Waals surface area contributed by atoms with Gasteiger partial charge in [-0.3, -0.25) is 4.79 Å². The summed E-state index contributed by atoms with van der Waals surface area (Å²) in [4.78, 5) is 16.0. The van der Waals surface area contributed by atoms with Crippen LogP contribution in [0.3, 0.4) is 0 Å². The molecule has 0 saturated heterocycles. The van der Waals surface area contributed by atoms with Gasteiger partial charge in [-0.2, -0.15) is 0 Å². The van der Waals surface area contributed by atoms with Gasteiger partial charge in [-0.1, -0.05) is 33.6 Å². The number of nitrogens with zero attached hydrogens (tertiary/aromatic N) is 1. The summed E-state index contributed by atoms with van der Waals surface area (Å²) in [6.45, 7) is 1.96. The molecular weight excluding hydrogens is 316 g/mol. The summed E-state index contributed by atoms with van der Waals surface area (Å²) < 4.78 is 0.891. The van der Waals surface area contributed by atoms with Crippen LogP contribution >= 0.6 is 27.5 Å². The Balaban J connectivity index is 2.22. The maximum atomic E-state index is 12.0. The number of halogens is 2. The van der Waals surface area contributed by atoms with Gasteiger partial charge in [0.05, 0.1) is 5.02 Å². The summed E-state index contributed by atoms with van der Waals surface area (Å²) in [5, 5.41) is 3.08. The molecule has 0 fully saturated rings. The van der Waals surface area contributed by atoms with Crippen molar-refractivity contribution < 1.29 is 4.79 Å². The van der Waals surface area contributed by atoms with E-state index in [1.54, 1.807) is 30.5 Å². The highest BCUT2D eigenvalue weighted by atomic mass is 79.9. The van der Waals surface area contributed by atoms with Crippen LogP contribution in [0.1, 0.15) is 15.9 Å². The summed E-state index contributed by atoms with van der Waals surface area (Å²) in [6, 6.07) is 8.78. The van der Waals surface area contributed by atoms with Gasteiger partial charge in [-0.05, 0) is 36.8 Å². The zero-order valence-electron chi connectivity index (χ0n) is 9.58. The highest BCUT2D eigenvalue weighted by molar-refractivity contribution is 9.10. The van der Waals surface area contributed by atoms with Crippen molar-refractivity contribution in [3.63, 3.8) is 0 Å². The molecule has 3 nitrogen and oxygen atoms in total. The van der Waals surface area contributed by atoms with E-state index < -0.39 is 0 Å². The predicted molar refractivity (Wildman–Crippen MR) is 76.1 cm³/mol. The van der Waals surface area contributed by atoms with Crippen LogP contribution in [0.5, 0.6) is 0 Å². The van der Waals surface area contributed by atoms with Crippen molar-refractivity contribution in [3.05, 3.63) is 57.2 Å². The van der Waals surface area contributed by atoms with E-state index in [4.69, 9.17) is 11.6 Å². The molecule has 0 aliphatic rings. The minimum atomic E-state index is -0.240. The Kier molecular flexibility index (Phi) is 3.99. The molecule has 92 valence electrons. The van der Waals surface area contributed by atoms with Gasteiger partial charge in [-0.25, -0.2) is 4.98 Å². The number of hydrogen-bond donors (Lipinski definition) is 1. The first kappa shape index (κ1) is 13.1. The molecule has 0 radical (unpaired) electrons. The molecule has 1 heterocycles. The van der Waals surface area contributed by atoms with E-state index in [9.17, 15) is 4.79 Å². The van der Waals surface area contributed by atoms with Gasteiger partial charge in [0.15, 0.2) is 5.82 Å². The third-order valence-electron chi connectivity index (χ3n) is 2.42. The molecule has 0 atom stereocenters. The lowest BCUT2D eigenvalue weighted by atomic mass is 10.1. The molecule has 18 heavy (non-hydrogen) atoms. The summed E-state index contributed by atoms with van der Waals surface area (Å²) in [5.41, 5.74) is 1.62. The van der Waals surface area contributed by atoms with E-state index in [2.05, 4.69) is 26.2 Å². The molecule has 0 spiro atoms. The first-order valence-electron chi connectivity index (χ1n) is 5.26. The van der Waals surface area contributed by atoms with Crippen LogP contribution in [0.25, 0.3) is 0 Å². The molecule has 0 unspecified atom stereocenters. The van der Waals surface area contributed by atoms with Gasteiger partial charge in [-0.15, -0.1) is 0 Å². The second-order valence-corrected chi connectivity index (χ2v) is 5.01. The number of anilines is 1. The van der Waals surface area contributed by atoms with Gasteiger partial charge < -0.3 is 5.32 Å². The van der Waals surface area contributed by atoms with Gasteiger partial charge in [0.2, 0.25) is 0 Å². The maximum Gasteiger partial charge on any atom is 0.256 e. The highest BCUT2D eigenvalue weighted by Gasteiger charge is 2.10. The fraction of sp³-hybridized carbons (Fsp3) is 0.0769. The van der Waals surface area contributed by atoms with Crippen molar-refractivity contribution in [1.82, 2.24) is 4.98 Å². The smallest absolute Gasteiger partial charge is 0.256 e. The maximum absolute atomic E-state index is 12.0. The van der Waals surface area contributed by atoms with Crippen molar-refractivity contribution in [3.8, 4) is 0 Å². The Morgan fingerprint density at radius 2 is 2.17 bits per heavy atom. The van der Waals surface area contributed by atoms with Crippen LogP contribution in [0.15, 0.2) is 41.0 Å². The zero-order chi connectivity index (χ0) is 13.1. The Labute approximate surface area is 118 Å². The van der Waals surface area contributed by atoms with Crippen molar-refractivity contribution >= 4 is 39.3 Å². The number of rotatable bonds is 2. The second-order valence-electron chi connectivity index (χ2n) is 3.75. The fourth-order valence-corrected chi connectivity index (χ4v) is 1.94. The molecule has 0 bridgehead atoms. The fourth-order valence-electron chi connectivity index (χ4n) is 1.39. The van der Waals surface area contributed by atoms with Crippen LogP contribution in [-0.4, -0.2) is 10.9 Å². The molecule has 1 aromatic carbocycles. The number of carbonyl (C=O) groups is 1. The number of hydrogen-bond acceptors (Lipinski definition) is 2. The summed E-state index contributed by atoms with van der Waals surface area (Å²) in [5.74, 6) is 0.122. The Morgan fingerprint density at radius 1 is 1.39 bits per heavy atom. The first-order chi connectivity index (χ1) is 8.58. The third kappa shape index (κ3) is 2.89. The lowest BCUT2D eigenvalue weighted by Crippen LogP contribution is -2.13. The van der Waals surface area contributed by atoms with Crippen molar-refractivity contribution in [2.24, 2.45) is 0 Å². The molecule has 0 aliphatic carbocycles. The van der Waals surface area contributed by atoms with Gasteiger partial charge >= 0.3 is 0 Å². The number of aryl methyl sites for hydroxylation is 1. The molecular formula is C13H10BrClN2O. The quantitative estimate of drug-likeness (QED) is 0.905. The molecule has 2 rings (SSSR count). The lowest BCUT2D eigenvalue weighted by Gasteiger charge is -2.07. The summed E-state index contributed by atoms with van der Waals surface area (Å²) >= 11 is 9.32. The second kappa shape index (κ2) is 5.50. The van der Waals surface area contributed by atoms with E-state index in [1.165, 1.54) is 0 Å². The van der Waals surface area contributed by atoms with E-state index in [0.717, 1.165) is 10.0 Å². The molecule has 2 aromatic rings. The number of benzene rings is 1. The molecule has 1 N–H and O–H groups in total. The average Bonchev–Trinajstić information content (AvgIpc) is 2.35. The lowest BCUT2D eigenvalue weighted by molar-refractivity contribution is 0.102. The molecule has 1 aromatic heterocycles. The predicted octanol–water partition coefficient (Wildman–Crippen LogP) is 4.06. The number of amides is 1. The average molecular weight is 326 g/mol. The monoisotopic (exact) mass is 324 g/mol. The largest absolute Gasteiger partial charge is 0.305 e. The molecule has 1 amide bonds. The SMILES string of the molecule is Cc1ccc(C(=O)Nc2ncccc2Cl)cc1Br. The van der Waals surface area contributed by atoms with Crippen molar-refractivity contribution in [2.75, 3.05) is 5.32 Å².